The Morgan fingerprint density at radius 1 is 1.29 bits per heavy atom. The van der Waals surface area contributed by atoms with Crippen molar-refractivity contribution in [2.24, 2.45) is 0 Å². The molecule has 2 fully saturated rings. The Balaban J connectivity index is 1.60. The molecular weight excluding hydrogens is 354 g/mol. The molecule has 1 aromatic heterocycles. The lowest BCUT2D eigenvalue weighted by atomic mass is 9.99. The van der Waals surface area contributed by atoms with Crippen molar-refractivity contribution >= 4 is 17.6 Å². The van der Waals surface area contributed by atoms with E-state index in [2.05, 4.69) is 21.8 Å². The van der Waals surface area contributed by atoms with E-state index in [0.717, 1.165) is 49.4 Å². The number of anilines is 1. The van der Waals surface area contributed by atoms with Gasteiger partial charge in [-0.05, 0) is 56.9 Å². The Morgan fingerprint density at radius 2 is 2.14 bits per heavy atom. The first kappa shape index (κ1) is 18.5. The van der Waals surface area contributed by atoms with Gasteiger partial charge in [-0.2, -0.15) is 0 Å². The summed E-state index contributed by atoms with van der Waals surface area (Å²) in [6, 6.07) is 5.57. The van der Waals surface area contributed by atoms with Gasteiger partial charge in [0.25, 0.3) is 5.91 Å². The number of carbonyl (C=O) groups excluding carboxylic acids is 2. The van der Waals surface area contributed by atoms with E-state index in [-0.39, 0.29) is 18.0 Å². The largest absolute Gasteiger partial charge is 0.336 e. The number of benzene rings is 1. The van der Waals surface area contributed by atoms with Crippen LogP contribution in [0.2, 0.25) is 0 Å². The Labute approximate surface area is 165 Å². The highest BCUT2D eigenvalue weighted by Crippen LogP contribution is 2.32. The summed E-state index contributed by atoms with van der Waals surface area (Å²) in [6.45, 7) is 6.94. The zero-order valence-corrected chi connectivity index (χ0v) is 16.5. The Morgan fingerprint density at radius 3 is 2.86 bits per heavy atom. The van der Waals surface area contributed by atoms with Crippen molar-refractivity contribution in [3.05, 3.63) is 47.5 Å². The summed E-state index contributed by atoms with van der Waals surface area (Å²) in [6.07, 6.45) is 6.85. The molecule has 0 saturated carbocycles. The van der Waals surface area contributed by atoms with Crippen molar-refractivity contribution in [3.8, 4) is 0 Å². The second kappa shape index (κ2) is 7.66. The minimum absolute atomic E-state index is 0.0144. The maximum Gasteiger partial charge on any atom is 0.322 e. The Bertz CT molecular complexity index is 891. The molecular formula is C21H27N5O2. The van der Waals surface area contributed by atoms with Gasteiger partial charge in [-0.3, -0.25) is 9.69 Å². The molecule has 0 radical (unpaired) electrons. The van der Waals surface area contributed by atoms with E-state index in [9.17, 15) is 9.59 Å². The number of hydrogen-bond donors (Lipinski definition) is 1. The summed E-state index contributed by atoms with van der Waals surface area (Å²) >= 11 is 0. The minimum Gasteiger partial charge on any atom is -0.336 e. The minimum atomic E-state index is -0.0790. The molecule has 1 atom stereocenters. The van der Waals surface area contributed by atoms with Crippen LogP contribution in [0.15, 0.2) is 30.6 Å². The van der Waals surface area contributed by atoms with E-state index in [1.165, 1.54) is 0 Å². The molecule has 3 amide bonds. The monoisotopic (exact) mass is 381 g/mol. The fraction of sp³-hybridized carbons (Fsp3) is 0.476. The van der Waals surface area contributed by atoms with E-state index in [4.69, 9.17) is 0 Å². The molecule has 4 rings (SSSR count). The highest BCUT2D eigenvalue weighted by atomic mass is 16.2. The number of imidazole rings is 1. The molecule has 2 saturated heterocycles. The smallest absolute Gasteiger partial charge is 0.322 e. The first-order valence-electron chi connectivity index (χ1n) is 10.1. The zero-order valence-electron chi connectivity index (χ0n) is 16.5. The maximum absolute atomic E-state index is 13.4. The molecule has 7 heteroatoms. The lowest BCUT2D eigenvalue weighted by Gasteiger charge is -2.35. The van der Waals surface area contributed by atoms with Crippen LogP contribution in [-0.4, -0.2) is 46.0 Å². The first-order chi connectivity index (χ1) is 13.6. The number of nitrogens with zero attached hydrogens (tertiary/aromatic N) is 4. The quantitative estimate of drug-likeness (QED) is 0.885. The Hall–Kier alpha value is -2.83. The second-order valence-corrected chi connectivity index (χ2v) is 7.47. The molecule has 2 aromatic rings. The molecule has 2 aliphatic rings. The van der Waals surface area contributed by atoms with Crippen molar-refractivity contribution < 1.29 is 9.59 Å². The lowest BCUT2D eigenvalue weighted by Crippen LogP contribution is -2.39. The van der Waals surface area contributed by atoms with Gasteiger partial charge in [-0.1, -0.05) is 0 Å². The average molecular weight is 381 g/mol. The number of hydrogen-bond acceptors (Lipinski definition) is 3. The summed E-state index contributed by atoms with van der Waals surface area (Å²) in [5, 5.41) is 2.82. The number of aromatic nitrogens is 2. The van der Waals surface area contributed by atoms with Crippen molar-refractivity contribution in [2.45, 2.75) is 45.7 Å². The molecule has 0 aliphatic carbocycles. The number of rotatable bonds is 4. The third-order valence-corrected chi connectivity index (χ3v) is 5.74. The summed E-state index contributed by atoms with van der Waals surface area (Å²) in [5.74, 6) is 1.01. The van der Waals surface area contributed by atoms with Gasteiger partial charge in [0.2, 0.25) is 0 Å². The van der Waals surface area contributed by atoms with Crippen LogP contribution in [0.3, 0.4) is 0 Å². The average Bonchev–Trinajstić information content (AvgIpc) is 3.36. The zero-order chi connectivity index (χ0) is 19.7. The maximum atomic E-state index is 13.4. The van der Waals surface area contributed by atoms with Crippen LogP contribution >= 0.6 is 0 Å². The number of nitrogens with one attached hydrogen (secondary N) is 1. The van der Waals surface area contributed by atoms with Crippen LogP contribution in [0.1, 0.15) is 54.0 Å². The molecule has 1 unspecified atom stereocenters. The van der Waals surface area contributed by atoms with Crippen LogP contribution < -0.4 is 10.2 Å². The van der Waals surface area contributed by atoms with Gasteiger partial charge in [0.1, 0.15) is 5.82 Å². The van der Waals surface area contributed by atoms with Gasteiger partial charge in [0.05, 0.1) is 6.04 Å². The van der Waals surface area contributed by atoms with Crippen LogP contribution in [0.25, 0.3) is 0 Å². The topological polar surface area (TPSA) is 70.5 Å². The van der Waals surface area contributed by atoms with Crippen molar-refractivity contribution in [2.75, 3.05) is 24.5 Å². The van der Waals surface area contributed by atoms with E-state index >= 15 is 0 Å². The van der Waals surface area contributed by atoms with Gasteiger partial charge >= 0.3 is 6.03 Å². The predicted octanol–water partition coefficient (Wildman–Crippen LogP) is 3.11. The Kier molecular flexibility index (Phi) is 5.07. The lowest BCUT2D eigenvalue weighted by molar-refractivity contribution is 0.0595. The van der Waals surface area contributed by atoms with Gasteiger partial charge in [-0.25, -0.2) is 9.78 Å². The van der Waals surface area contributed by atoms with E-state index < -0.39 is 0 Å². The fourth-order valence-electron chi connectivity index (χ4n) is 4.29. The highest BCUT2D eigenvalue weighted by molar-refractivity contribution is 5.98. The highest BCUT2D eigenvalue weighted by Gasteiger charge is 2.32. The molecule has 1 aromatic carbocycles. The van der Waals surface area contributed by atoms with Gasteiger partial charge in [0, 0.05) is 49.8 Å². The van der Waals surface area contributed by atoms with Crippen molar-refractivity contribution in [3.63, 3.8) is 0 Å². The molecule has 1 N–H and O–H groups in total. The van der Waals surface area contributed by atoms with Crippen molar-refractivity contribution in [1.29, 1.82) is 0 Å². The molecule has 3 heterocycles. The van der Waals surface area contributed by atoms with Crippen LogP contribution in [0, 0.1) is 6.92 Å². The van der Waals surface area contributed by atoms with Crippen LogP contribution in [0.4, 0.5) is 10.5 Å². The molecule has 148 valence electrons. The van der Waals surface area contributed by atoms with Gasteiger partial charge < -0.3 is 14.8 Å². The summed E-state index contributed by atoms with van der Waals surface area (Å²) < 4.78 is 2.12. The number of aryl methyl sites for hydroxylation is 2. The summed E-state index contributed by atoms with van der Waals surface area (Å²) in [5.41, 5.74) is 2.47. The normalized spacial score (nSPS) is 19.8. The fourth-order valence-corrected chi connectivity index (χ4v) is 4.29. The molecule has 0 spiro atoms. The van der Waals surface area contributed by atoms with Crippen LogP contribution in [0.5, 0.6) is 0 Å². The molecule has 7 nitrogen and oxygen atoms in total. The second-order valence-electron chi connectivity index (χ2n) is 7.47. The summed E-state index contributed by atoms with van der Waals surface area (Å²) in [7, 11) is 0. The predicted molar refractivity (Wildman–Crippen MR) is 107 cm³/mol. The SMILES string of the molecule is CCn1ccnc1C1CCCCN1C(=O)c1ccc(N2CCNC2=O)c(C)c1. The summed E-state index contributed by atoms with van der Waals surface area (Å²) in [4.78, 5) is 33.6. The number of likely N-dealkylation sites (tertiary alicyclic amines) is 1. The van der Waals surface area contributed by atoms with E-state index in [1.54, 1.807) is 4.90 Å². The molecule has 0 bridgehead atoms. The number of amides is 3. The first-order valence-corrected chi connectivity index (χ1v) is 10.1. The number of urea groups is 1. The number of carbonyl (C=O) groups is 2. The van der Waals surface area contributed by atoms with Gasteiger partial charge in [-0.15, -0.1) is 0 Å². The van der Waals surface area contributed by atoms with E-state index in [1.807, 2.05) is 42.4 Å². The van der Waals surface area contributed by atoms with E-state index in [0.29, 0.717) is 18.7 Å². The molecule has 28 heavy (non-hydrogen) atoms. The third-order valence-electron chi connectivity index (χ3n) is 5.74. The number of piperidine rings is 1. The van der Waals surface area contributed by atoms with Gasteiger partial charge in [0.15, 0.2) is 0 Å². The standard InChI is InChI=1S/C21H27N5O2/c1-3-24-12-9-22-19(24)18-6-4-5-11-25(18)20(27)16-7-8-17(15(2)14-16)26-13-10-23-21(26)28/h7-9,12,14,18H,3-6,10-11,13H2,1-2H3,(H,23,28). The third kappa shape index (κ3) is 3.25. The van der Waals surface area contributed by atoms with Crippen molar-refractivity contribution in [1.82, 2.24) is 19.8 Å². The van der Waals surface area contributed by atoms with Crippen LogP contribution in [-0.2, 0) is 6.54 Å². The molecule has 2 aliphatic heterocycles.